The van der Waals surface area contributed by atoms with Gasteiger partial charge in [-0.2, -0.15) is 12.7 Å². The third-order valence-corrected chi connectivity index (χ3v) is 2.76. The molecule has 0 aliphatic rings. The number of hydrogen-bond donors (Lipinski definition) is 1. The second-order valence-corrected chi connectivity index (χ2v) is 4.63. The molecule has 6 nitrogen and oxygen atoms in total. The fourth-order valence-corrected chi connectivity index (χ4v) is 1.17. The van der Waals surface area contributed by atoms with Gasteiger partial charge in [0.1, 0.15) is 6.61 Å². The van der Waals surface area contributed by atoms with Crippen molar-refractivity contribution < 1.29 is 17.9 Å². The molecule has 0 aromatic heterocycles. The van der Waals surface area contributed by atoms with Crippen LogP contribution in [0.3, 0.4) is 0 Å². The highest BCUT2D eigenvalue weighted by atomic mass is 32.2. The lowest BCUT2D eigenvalue weighted by atomic mass is 10.2. The third-order valence-electron chi connectivity index (χ3n) is 1.84. The smallest absolute Gasteiger partial charge is 0.424 e. The van der Waals surface area contributed by atoms with E-state index in [1.807, 2.05) is 6.07 Å². The molecule has 1 aromatic carbocycles. The summed E-state index contributed by atoms with van der Waals surface area (Å²) in [5.74, 6) is 0. The van der Waals surface area contributed by atoms with E-state index >= 15 is 0 Å². The van der Waals surface area contributed by atoms with Crippen LogP contribution in [0, 0.1) is 0 Å². The van der Waals surface area contributed by atoms with Crippen LogP contribution >= 0.6 is 0 Å². The number of carbonyl (C=O) groups is 1. The molecule has 0 unspecified atom stereocenters. The van der Waals surface area contributed by atoms with Crippen molar-refractivity contribution in [2.75, 3.05) is 7.05 Å². The Morgan fingerprint density at radius 2 is 1.94 bits per heavy atom. The quantitative estimate of drug-likeness (QED) is 0.836. The Balaban J connectivity index is 2.54. The van der Waals surface area contributed by atoms with Crippen molar-refractivity contribution in [1.29, 1.82) is 0 Å². The minimum Gasteiger partial charge on any atom is -0.444 e. The Morgan fingerprint density at radius 3 is 2.44 bits per heavy atom. The first kappa shape index (κ1) is 12.5. The predicted molar refractivity (Wildman–Crippen MR) is 57.5 cm³/mol. The normalized spacial score (nSPS) is 10.9. The highest BCUT2D eigenvalue weighted by molar-refractivity contribution is 7.87. The molecule has 0 radical (unpaired) electrons. The molecule has 0 aliphatic carbocycles. The van der Waals surface area contributed by atoms with E-state index in [9.17, 15) is 13.2 Å². The van der Waals surface area contributed by atoms with Crippen molar-refractivity contribution in [2.45, 2.75) is 6.61 Å². The monoisotopic (exact) mass is 244 g/mol. The minimum atomic E-state index is -4.05. The number of nitrogens with zero attached hydrogens (tertiary/aromatic N) is 1. The first-order valence-corrected chi connectivity index (χ1v) is 5.89. The Morgan fingerprint density at radius 1 is 1.38 bits per heavy atom. The van der Waals surface area contributed by atoms with Crippen LogP contribution in [0.2, 0.25) is 0 Å². The molecular formula is C9H12N2O4S. The number of amides is 1. The van der Waals surface area contributed by atoms with Crippen LogP contribution in [0.25, 0.3) is 0 Å². The molecule has 0 heterocycles. The van der Waals surface area contributed by atoms with Crippen molar-refractivity contribution in [3.63, 3.8) is 0 Å². The molecule has 88 valence electrons. The fourth-order valence-electron chi connectivity index (χ4n) is 0.914. The molecule has 0 spiro atoms. The largest absolute Gasteiger partial charge is 0.444 e. The van der Waals surface area contributed by atoms with E-state index in [2.05, 4.69) is 0 Å². The van der Waals surface area contributed by atoms with E-state index in [4.69, 9.17) is 9.88 Å². The van der Waals surface area contributed by atoms with Gasteiger partial charge < -0.3 is 4.74 Å². The molecule has 1 amide bonds. The average molecular weight is 244 g/mol. The highest BCUT2D eigenvalue weighted by Crippen LogP contribution is 2.03. The van der Waals surface area contributed by atoms with E-state index in [0.29, 0.717) is 4.31 Å². The number of rotatable bonds is 3. The summed E-state index contributed by atoms with van der Waals surface area (Å²) < 4.78 is 26.7. The Hall–Kier alpha value is -1.60. The van der Waals surface area contributed by atoms with E-state index in [1.165, 1.54) is 0 Å². The molecule has 0 saturated heterocycles. The van der Waals surface area contributed by atoms with E-state index in [1.54, 1.807) is 24.3 Å². The molecule has 7 heteroatoms. The first-order valence-electron chi connectivity index (χ1n) is 4.38. The maximum atomic E-state index is 11.2. The van der Waals surface area contributed by atoms with Crippen molar-refractivity contribution in [3.05, 3.63) is 35.9 Å². The minimum absolute atomic E-state index is 0.000463. The molecule has 0 atom stereocenters. The first-order chi connectivity index (χ1) is 7.41. The summed E-state index contributed by atoms with van der Waals surface area (Å²) in [4.78, 5) is 11.2. The average Bonchev–Trinajstić information content (AvgIpc) is 2.25. The van der Waals surface area contributed by atoms with Crippen LogP contribution in [-0.2, 0) is 21.6 Å². The molecule has 0 fully saturated rings. The maximum Gasteiger partial charge on any atom is 0.424 e. The topological polar surface area (TPSA) is 89.7 Å². The van der Waals surface area contributed by atoms with E-state index in [0.717, 1.165) is 12.6 Å². The van der Waals surface area contributed by atoms with Crippen molar-refractivity contribution in [1.82, 2.24) is 4.31 Å². The van der Waals surface area contributed by atoms with Gasteiger partial charge in [-0.05, 0) is 5.56 Å². The second kappa shape index (κ2) is 4.95. The second-order valence-electron chi connectivity index (χ2n) is 3.05. The highest BCUT2D eigenvalue weighted by Gasteiger charge is 2.19. The van der Waals surface area contributed by atoms with Gasteiger partial charge >= 0.3 is 16.3 Å². The molecule has 16 heavy (non-hydrogen) atoms. The zero-order valence-electron chi connectivity index (χ0n) is 8.66. The number of hydrogen-bond acceptors (Lipinski definition) is 4. The summed E-state index contributed by atoms with van der Waals surface area (Å²) in [7, 11) is -3.02. The van der Waals surface area contributed by atoms with Gasteiger partial charge in [0.05, 0.1) is 0 Å². The summed E-state index contributed by atoms with van der Waals surface area (Å²) in [5.41, 5.74) is 0.763. The molecule has 1 rings (SSSR count). The zero-order valence-corrected chi connectivity index (χ0v) is 9.48. The lowest BCUT2D eigenvalue weighted by Gasteiger charge is -2.13. The van der Waals surface area contributed by atoms with Gasteiger partial charge in [-0.15, -0.1) is 0 Å². The van der Waals surface area contributed by atoms with Crippen LogP contribution < -0.4 is 5.14 Å². The van der Waals surface area contributed by atoms with Crippen LogP contribution in [-0.4, -0.2) is 25.9 Å². The third kappa shape index (κ3) is 3.52. The van der Waals surface area contributed by atoms with Gasteiger partial charge in [-0.1, -0.05) is 30.3 Å². The van der Waals surface area contributed by atoms with Gasteiger partial charge in [-0.25, -0.2) is 9.93 Å². The van der Waals surface area contributed by atoms with Crippen LogP contribution in [0.5, 0.6) is 0 Å². The van der Waals surface area contributed by atoms with Crippen LogP contribution in [0.4, 0.5) is 4.79 Å². The molecule has 0 saturated carbocycles. The van der Waals surface area contributed by atoms with Crippen molar-refractivity contribution in [3.8, 4) is 0 Å². The summed E-state index contributed by atoms with van der Waals surface area (Å²) in [6.07, 6.45) is -1.01. The maximum absolute atomic E-state index is 11.2. The standard InChI is InChI=1S/C9H12N2O4S/c1-11(16(10,13)14)9(12)15-7-8-5-3-2-4-6-8/h2-6H,7H2,1H3,(H2,10,13,14). The van der Waals surface area contributed by atoms with Gasteiger partial charge in [0, 0.05) is 7.05 Å². The number of carbonyl (C=O) groups excluding carboxylic acids is 1. The molecule has 2 N–H and O–H groups in total. The van der Waals surface area contributed by atoms with Gasteiger partial charge in [-0.3, -0.25) is 0 Å². The number of nitrogens with two attached hydrogens (primary N) is 1. The van der Waals surface area contributed by atoms with E-state index < -0.39 is 16.3 Å². The number of ether oxygens (including phenoxy) is 1. The van der Waals surface area contributed by atoms with E-state index in [-0.39, 0.29) is 6.61 Å². The predicted octanol–water partition coefficient (Wildman–Crippen LogP) is 0.459. The number of benzene rings is 1. The zero-order chi connectivity index (χ0) is 12.2. The Kier molecular flexibility index (Phi) is 3.86. The SMILES string of the molecule is CN(C(=O)OCc1ccccc1)S(N)(=O)=O. The summed E-state index contributed by atoms with van der Waals surface area (Å²) in [6, 6.07) is 8.90. The summed E-state index contributed by atoms with van der Waals surface area (Å²) in [5, 5.41) is 4.75. The van der Waals surface area contributed by atoms with Gasteiger partial charge in [0.15, 0.2) is 0 Å². The molecule has 1 aromatic rings. The summed E-state index contributed by atoms with van der Waals surface area (Å²) in [6.45, 7) is -0.000463. The van der Waals surface area contributed by atoms with Crippen LogP contribution in [0.1, 0.15) is 5.56 Å². The van der Waals surface area contributed by atoms with Gasteiger partial charge in [0.25, 0.3) is 0 Å². The van der Waals surface area contributed by atoms with Gasteiger partial charge in [0.2, 0.25) is 0 Å². The molecule has 0 aliphatic heterocycles. The molecule has 0 bridgehead atoms. The van der Waals surface area contributed by atoms with Crippen molar-refractivity contribution >= 4 is 16.3 Å². The molecular weight excluding hydrogens is 232 g/mol. The Labute approximate surface area is 93.8 Å². The van der Waals surface area contributed by atoms with Crippen molar-refractivity contribution in [2.24, 2.45) is 5.14 Å². The lowest BCUT2D eigenvalue weighted by Crippen LogP contribution is -2.38. The lowest BCUT2D eigenvalue weighted by molar-refractivity contribution is 0.124. The summed E-state index contributed by atoms with van der Waals surface area (Å²) >= 11 is 0. The Bertz CT molecular complexity index is 458. The fraction of sp³-hybridized carbons (Fsp3) is 0.222. The van der Waals surface area contributed by atoms with Crippen LogP contribution in [0.15, 0.2) is 30.3 Å².